The summed E-state index contributed by atoms with van der Waals surface area (Å²) in [6.07, 6.45) is 1.72. The van der Waals surface area contributed by atoms with E-state index in [2.05, 4.69) is 5.32 Å². The average molecular weight is 309 g/mol. The van der Waals surface area contributed by atoms with Crippen molar-refractivity contribution in [1.29, 1.82) is 0 Å². The number of nitrogens with one attached hydrogen (secondary N) is 1. The third-order valence-electron chi connectivity index (χ3n) is 3.84. The molecule has 120 valence electrons. The molecule has 0 spiro atoms. The van der Waals surface area contributed by atoms with Crippen LogP contribution in [0.3, 0.4) is 0 Å². The van der Waals surface area contributed by atoms with Gasteiger partial charge >= 0.3 is 0 Å². The Morgan fingerprint density at radius 2 is 1.95 bits per heavy atom. The summed E-state index contributed by atoms with van der Waals surface area (Å²) >= 11 is 0. The summed E-state index contributed by atoms with van der Waals surface area (Å²) < 4.78 is 13.3. The topological polar surface area (TPSA) is 89.8 Å². The molecule has 1 aromatic carbocycles. The van der Waals surface area contributed by atoms with E-state index in [0.29, 0.717) is 24.0 Å². The molecule has 4 N–H and O–H groups in total. The van der Waals surface area contributed by atoms with Crippen molar-refractivity contribution >= 4 is 12.0 Å². The zero-order chi connectivity index (χ0) is 16.3. The van der Waals surface area contributed by atoms with Gasteiger partial charge in [-0.25, -0.2) is 4.39 Å². The van der Waals surface area contributed by atoms with Crippen molar-refractivity contribution in [2.45, 2.75) is 44.4 Å². The van der Waals surface area contributed by atoms with Crippen molar-refractivity contribution in [2.24, 2.45) is 0 Å². The second kappa shape index (κ2) is 6.89. The Hall–Kier alpha value is -1.92. The van der Waals surface area contributed by atoms with Crippen LogP contribution in [0.25, 0.3) is 6.08 Å². The number of aromatic hydroxyl groups is 1. The van der Waals surface area contributed by atoms with Gasteiger partial charge in [0.1, 0.15) is 0 Å². The SMILES string of the molecule is C/C(=C\c1ccc(O)c(F)c1)C(=O)NC1[C@H](O)CCC[C@@H]1O. The van der Waals surface area contributed by atoms with E-state index in [1.165, 1.54) is 18.2 Å². The number of rotatable bonds is 3. The Bertz CT molecular complexity index is 578. The highest BCUT2D eigenvalue weighted by molar-refractivity contribution is 5.97. The van der Waals surface area contributed by atoms with Crippen LogP contribution in [-0.4, -0.2) is 39.5 Å². The van der Waals surface area contributed by atoms with Crippen LogP contribution in [0.2, 0.25) is 0 Å². The molecule has 0 aliphatic heterocycles. The number of phenols is 1. The first kappa shape index (κ1) is 16.5. The summed E-state index contributed by atoms with van der Waals surface area (Å²) in [7, 11) is 0. The van der Waals surface area contributed by atoms with E-state index in [1.54, 1.807) is 6.92 Å². The van der Waals surface area contributed by atoms with Gasteiger partial charge in [0, 0.05) is 5.57 Å². The van der Waals surface area contributed by atoms with Crippen molar-refractivity contribution in [2.75, 3.05) is 0 Å². The lowest BCUT2D eigenvalue weighted by molar-refractivity contribution is -0.121. The average Bonchev–Trinajstić information content (AvgIpc) is 2.46. The second-order valence-electron chi connectivity index (χ2n) is 5.60. The van der Waals surface area contributed by atoms with Crippen molar-refractivity contribution in [3.63, 3.8) is 0 Å². The van der Waals surface area contributed by atoms with E-state index in [9.17, 15) is 19.4 Å². The molecule has 0 saturated heterocycles. The third kappa shape index (κ3) is 3.84. The monoisotopic (exact) mass is 309 g/mol. The van der Waals surface area contributed by atoms with Crippen LogP contribution in [0, 0.1) is 5.82 Å². The zero-order valence-electron chi connectivity index (χ0n) is 12.3. The summed E-state index contributed by atoms with van der Waals surface area (Å²) in [5.74, 6) is -1.65. The summed E-state index contributed by atoms with van der Waals surface area (Å²) in [6.45, 7) is 1.56. The summed E-state index contributed by atoms with van der Waals surface area (Å²) in [4.78, 5) is 12.1. The number of aliphatic hydroxyl groups excluding tert-OH is 2. The zero-order valence-corrected chi connectivity index (χ0v) is 12.3. The second-order valence-corrected chi connectivity index (χ2v) is 5.60. The number of carbonyl (C=O) groups excluding carboxylic acids is 1. The molecule has 3 atom stereocenters. The Labute approximate surface area is 128 Å². The van der Waals surface area contributed by atoms with Crippen LogP contribution < -0.4 is 5.32 Å². The highest BCUT2D eigenvalue weighted by atomic mass is 19.1. The smallest absolute Gasteiger partial charge is 0.247 e. The minimum atomic E-state index is -0.772. The van der Waals surface area contributed by atoms with Crippen LogP contribution in [0.4, 0.5) is 4.39 Å². The molecular formula is C16H20FNO4. The van der Waals surface area contributed by atoms with Crippen molar-refractivity contribution < 1.29 is 24.5 Å². The van der Waals surface area contributed by atoms with Gasteiger partial charge in [0.15, 0.2) is 11.6 Å². The van der Waals surface area contributed by atoms with E-state index in [4.69, 9.17) is 5.11 Å². The lowest BCUT2D eigenvalue weighted by Crippen LogP contribution is -2.53. The van der Waals surface area contributed by atoms with Crippen LogP contribution >= 0.6 is 0 Å². The Kier molecular flexibility index (Phi) is 5.15. The fourth-order valence-corrected chi connectivity index (χ4v) is 2.54. The van der Waals surface area contributed by atoms with Gasteiger partial charge < -0.3 is 20.6 Å². The van der Waals surface area contributed by atoms with Gasteiger partial charge in [-0.05, 0) is 50.0 Å². The van der Waals surface area contributed by atoms with Gasteiger partial charge in [-0.15, -0.1) is 0 Å². The Morgan fingerprint density at radius 1 is 1.32 bits per heavy atom. The maximum Gasteiger partial charge on any atom is 0.247 e. The molecule has 0 bridgehead atoms. The van der Waals surface area contributed by atoms with Crippen LogP contribution in [0.5, 0.6) is 5.75 Å². The summed E-state index contributed by atoms with van der Waals surface area (Å²) in [5, 5.41) is 31.5. The minimum absolute atomic E-state index is 0.315. The van der Waals surface area contributed by atoms with E-state index < -0.39 is 35.7 Å². The molecule has 1 amide bonds. The van der Waals surface area contributed by atoms with Crippen molar-refractivity contribution in [3.05, 3.63) is 35.2 Å². The quantitative estimate of drug-likeness (QED) is 0.634. The molecule has 1 unspecified atom stereocenters. The normalized spacial score (nSPS) is 25.8. The predicted molar refractivity (Wildman–Crippen MR) is 79.5 cm³/mol. The number of phenolic OH excluding ortho intramolecular Hbond substituents is 1. The first-order chi connectivity index (χ1) is 10.4. The molecule has 1 fully saturated rings. The van der Waals surface area contributed by atoms with Gasteiger partial charge in [0.05, 0.1) is 18.2 Å². The molecular weight excluding hydrogens is 289 g/mol. The maximum absolute atomic E-state index is 13.3. The third-order valence-corrected chi connectivity index (χ3v) is 3.84. The number of benzene rings is 1. The molecule has 2 rings (SSSR count). The Morgan fingerprint density at radius 3 is 2.55 bits per heavy atom. The number of hydrogen-bond acceptors (Lipinski definition) is 4. The van der Waals surface area contributed by atoms with Gasteiger partial charge in [0.2, 0.25) is 5.91 Å². The molecule has 0 aromatic heterocycles. The van der Waals surface area contributed by atoms with Crippen LogP contribution in [0.15, 0.2) is 23.8 Å². The first-order valence-corrected chi connectivity index (χ1v) is 7.22. The highest BCUT2D eigenvalue weighted by Crippen LogP contribution is 2.20. The molecule has 6 heteroatoms. The molecule has 1 aliphatic rings. The molecule has 1 saturated carbocycles. The first-order valence-electron chi connectivity index (χ1n) is 7.22. The molecule has 0 radical (unpaired) electrons. The van der Waals surface area contributed by atoms with E-state index in [-0.39, 0.29) is 0 Å². The fraction of sp³-hybridized carbons (Fsp3) is 0.438. The molecule has 0 heterocycles. The summed E-state index contributed by atoms with van der Waals surface area (Å²) in [6, 6.07) is 3.12. The summed E-state index contributed by atoms with van der Waals surface area (Å²) in [5.41, 5.74) is 0.753. The van der Waals surface area contributed by atoms with Crippen molar-refractivity contribution in [1.82, 2.24) is 5.32 Å². The van der Waals surface area contributed by atoms with Crippen LogP contribution in [-0.2, 0) is 4.79 Å². The lowest BCUT2D eigenvalue weighted by Gasteiger charge is -2.32. The van der Waals surface area contributed by atoms with Gasteiger partial charge in [0.25, 0.3) is 0 Å². The number of amides is 1. The van der Waals surface area contributed by atoms with Gasteiger partial charge in [-0.3, -0.25) is 4.79 Å². The largest absolute Gasteiger partial charge is 0.505 e. The number of halogens is 1. The fourth-order valence-electron chi connectivity index (χ4n) is 2.54. The molecule has 22 heavy (non-hydrogen) atoms. The van der Waals surface area contributed by atoms with E-state index >= 15 is 0 Å². The molecule has 1 aliphatic carbocycles. The minimum Gasteiger partial charge on any atom is -0.505 e. The maximum atomic E-state index is 13.3. The number of aliphatic hydroxyl groups is 2. The standard InChI is InChI=1S/C16H20FNO4/c1-9(7-10-5-6-12(19)11(17)8-10)16(22)18-15-13(20)3-2-4-14(15)21/h5-8,13-15,19-21H,2-4H2,1H3,(H,18,22)/b9-7+/t13-,14+,15?. The van der Waals surface area contributed by atoms with Gasteiger partial charge in [-0.2, -0.15) is 0 Å². The Balaban J connectivity index is 2.07. The van der Waals surface area contributed by atoms with Crippen molar-refractivity contribution in [3.8, 4) is 5.75 Å². The van der Waals surface area contributed by atoms with E-state index in [0.717, 1.165) is 12.5 Å². The van der Waals surface area contributed by atoms with E-state index in [1.807, 2.05) is 0 Å². The lowest BCUT2D eigenvalue weighted by atomic mass is 9.89. The van der Waals surface area contributed by atoms with Crippen LogP contribution in [0.1, 0.15) is 31.7 Å². The molecule has 1 aromatic rings. The number of carbonyl (C=O) groups is 1. The highest BCUT2D eigenvalue weighted by Gasteiger charge is 2.32. The number of hydrogen-bond donors (Lipinski definition) is 4. The predicted octanol–water partition coefficient (Wildman–Crippen LogP) is 1.33. The van der Waals surface area contributed by atoms with Gasteiger partial charge in [-0.1, -0.05) is 6.07 Å². The molecule has 5 nitrogen and oxygen atoms in total.